The molecule has 1 aliphatic heterocycles. The summed E-state index contributed by atoms with van der Waals surface area (Å²) in [6.07, 6.45) is 4.87. The van der Waals surface area contributed by atoms with Gasteiger partial charge in [0.15, 0.2) is 0 Å². The maximum absolute atomic E-state index is 12.8. The Labute approximate surface area is 116 Å². The smallest absolute Gasteiger partial charge is 0.144 e. The van der Waals surface area contributed by atoms with Gasteiger partial charge in [0.05, 0.1) is 0 Å². The molecule has 2 heteroatoms. The predicted octanol–water partition coefficient (Wildman–Crippen LogP) is 3.28. The quantitative estimate of drug-likeness (QED) is 0.879. The van der Waals surface area contributed by atoms with Crippen LogP contribution in [0, 0.1) is 12.3 Å². The fraction of sp³-hybridized carbons (Fsp3) is 0.588. The molecular weight excluding hydrogens is 234 g/mol. The molecule has 104 valence electrons. The first-order valence-electron chi connectivity index (χ1n) is 7.46. The van der Waals surface area contributed by atoms with Gasteiger partial charge in [-0.1, -0.05) is 43.2 Å². The summed E-state index contributed by atoms with van der Waals surface area (Å²) in [6, 6.07) is 8.33. The Balaban J connectivity index is 2.11. The first-order chi connectivity index (χ1) is 9.16. The SMILES string of the molecule is CCCC1(C(=O)Cc2cccc(C)c2)CCCNC1. The molecule has 0 bridgehead atoms. The minimum atomic E-state index is -0.114. The van der Waals surface area contributed by atoms with E-state index in [-0.39, 0.29) is 5.41 Å². The van der Waals surface area contributed by atoms with E-state index in [2.05, 4.69) is 37.4 Å². The second kappa shape index (κ2) is 6.33. The summed E-state index contributed by atoms with van der Waals surface area (Å²) in [4.78, 5) is 12.8. The van der Waals surface area contributed by atoms with E-state index in [1.807, 2.05) is 6.07 Å². The standard InChI is InChI=1S/C17H25NO/c1-3-8-17(9-5-10-18-13-17)16(19)12-15-7-4-6-14(2)11-15/h4,6-7,11,18H,3,5,8-10,12-13H2,1-2H3. The highest BCUT2D eigenvalue weighted by atomic mass is 16.1. The van der Waals surface area contributed by atoms with Crippen LogP contribution in [-0.4, -0.2) is 18.9 Å². The lowest BCUT2D eigenvalue weighted by atomic mass is 9.72. The highest BCUT2D eigenvalue weighted by Gasteiger charge is 2.37. The molecular formula is C17H25NO. The highest BCUT2D eigenvalue weighted by molar-refractivity contribution is 5.87. The molecule has 0 saturated carbocycles. The lowest BCUT2D eigenvalue weighted by Gasteiger charge is -2.36. The summed E-state index contributed by atoms with van der Waals surface area (Å²) in [5, 5.41) is 3.42. The second-order valence-corrected chi connectivity index (χ2v) is 5.90. The van der Waals surface area contributed by atoms with E-state index >= 15 is 0 Å². The largest absolute Gasteiger partial charge is 0.316 e. The molecule has 19 heavy (non-hydrogen) atoms. The van der Waals surface area contributed by atoms with Crippen molar-refractivity contribution in [1.82, 2.24) is 5.32 Å². The average molecular weight is 259 g/mol. The maximum Gasteiger partial charge on any atom is 0.144 e. The van der Waals surface area contributed by atoms with Crippen LogP contribution in [0.3, 0.4) is 0 Å². The summed E-state index contributed by atoms with van der Waals surface area (Å²) >= 11 is 0. The van der Waals surface area contributed by atoms with Gasteiger partial charge >= 0.3 is 0 Å². The zero-order valence-electron chi connectivity index (χ0n) is 12.2. The van der Waals surface area contributed by atoms with Crippen molar-refractivity contribution in [2.24, 2.45) is 5.41 Å². The number of aryl methyl sites for hydroxylation is 1. The Kier molecular flexibility index (Phi) is 4.76. The number of carbonyl (C=O) groups is 1. The molecule has 2 rings (SSSR count). The summed E-state index contributed by atoms with van der Waals surface area (Å²) in [5.74, 6) is 0.423. The second-order valence-electron chi connectivity index (χ2n) is 5.90. The van der Waals surface area contributed by atoms with E-state index in [0.717, 1.165) is 44.3 Å². The monoisotopic (exact) mass is 259 g/mol. The maximum atomic E-state index is 12.8. The van der Waals surface area contributed by atoms with Crippen LogP contribution < -0.4 is 5.32 Å². The van der Waals surface area contributed by atoms with Crippen LogP contribution in [0.25, 0.3) is 0 Å². The third-order valence-electron chi connectivity index (χ3n) is 4.24. The molecule has 1 atom stereocenters. The summed E-state index contributed by atoms with van der Waals surface area (Å²) in [6.45, 7) is 6.18. The number of hydrogen-bond acceptors (Lipinski definition) is 2. The average Bonchev–Trinajstić information content (AvgIpc) is 2.40. The zero-order chi connectivity index (χ0) is 13.7. The van der Waals surface area contributed by atoms with Crippen LogP contribution >= 0.6 is 0 Å². The number of rotatable bonds is 5. The lowest BCUT2D eigenvalue weighted by Crippen LogP contribution is -2.46. The van der Waals surface area contributed by atoms with E-state index in [1.54, 1.807) is 0 Å². The Bertz CT molecular complexity index is 427. The van der Waals surface area contributed by atoms with Crippen LogP contribution in [0.1, 0.15) is 43.7 Å². The van der Waals surface area contributed by atoms with Crippen molar-refractivity contribution in [3.63, 3.8) is 0 Å². The molecule has 0 amide bonds. The lowest BCUT2D eigenvalue weighted by molar-refractivity contribution is -0.129. The molecule has 1 aromatic rings. The van der Waals surface area contributed by atoms with E-state index in [1.165, 1.54) is 5.56 Å². The van der Waals surface area contributed by atoms with E-state index in [4.69, 9.17) is 0 Å². The fourth-order valence-electron chi connectivity index (χ4n) is 3.23. The first-order valence-corrected chi connectivity index (χ1v) is 7.46. The van der Waals surface area contributed by atoms with Gasteiger partial charge < -0.3 is 5.32 Å². The van der Waals surface area contributed by atoms with Crippen LogP contribution in [0.2, 0.25) is 0 Å². The summed E-state index contributed by atoms with van der Waals surface area (Å²) in [7, 11) is 0. The van der Waals surface area contributed by atoms with Gasteiger partial charge in [-0.15, -0.1) is 0 Å². The molecule has 1 N–H and O–H groups in total. The van der Waals surface area contributed by atoms with Crippen molar-refractivity contribution in [2.45, 2.75) is 46.0 Å². The number of nitrogens with one attached hydrogen (secondary N) is 1. The molecule has 1 aromatic carbocycles. The molecule has 2 nitrogen and oxygen atoms in total. The minimum absolute atomic E-state index is 0.114. The number of ketones is 1. The molecule has 0 radical (unpaired) electrons. The van der Waals surface area contributed by atoms with Crippen molar-refractivity contribution in [2.75, 3.05) is 13.1 Å². The number of carbonyl (C=O) groups excluding carboxylic acids is 1. The predicted molar refractivity (Wildman–Crippen MR) is 79.3 cm³/mol. The Morgan fingerprint density at radius 1 is 1.42 bits per heavy atom. The topological polar surface area (TPSA) is 29.1 Å². The van der Waals surface area contributed by atoms with Gasteiger partial charge in [0.1, 0.15) is 5.78 Å². The number of Topliss-reactive ketones (excluding diaryl/α,β-unsaturated/α-hetero) is 1. The normalized spacial score (nSPS) is 23.3. The molecule has 1 saturated heterocycles. The summed E-state index contributed by atoms with van der Waals surface area (Å²) < 4.78 is 0. The van der Waals surface area contributed by atoms with Gasteiger partial charge in [-0.3, -0.25) is 4.79 Å². The number of hydrogen-bond donors (Lipinski definition) is 1. The van der Waals surface area contributed by atoms with E-state index < -0.39 is 0 Å². The van der Waals surface area contributed by atoms with Crippen LogP contribution in [0.5, 0.6) is 0 Å². The molecule has 0 aromatic heterocycles. The fourth-order valence-corrected chi connectivity index (χ4v) is 3.23. The molecule has 1 unspecified atom stereocenters. The molecule has 1 heterocycles. The van der Waals surface area contributed by atoms with Gasteiger partial charge in [0.2, 0.25) is 0 Å². The molecule has 0 aliphatic carbocycles. The Hall–Kier alpha value is -1.15. The third-order valence-corrected chi connectivity index (χ3v) is 4.24. The van der Waals surface area contributed by atoms with Gasteiger partial charge in [0.25, 0.3) is 0 Å². The summed E-state index contributed by atoms with van der Waals surface area (Å²) in [5.41, 5.74) is 2.28. The zero-order valence-corrected chi connectivity index (χ0v) is 12.2. The van der Waals surface area contributed by atoms with Gasteiger partial charge in [0, 0.05) is 18.4 Å². The van der Waals surface area contributed by atoms with Crippen molar-refractivity contribution >= 4 is 5.78 Å². The van der Waals surface area contributed by atoms with Crippen LogP contribution in [-0.2, 0) is 11.2 Å². The van der Waals surface area contributed by atoms with Gasteiger partial charge in [-0.2, -0.15) is 0 Å². The highest BCUT2D eigenvalue weighted by Crippen LogP contribution is 2.33. The third kappa shape index (κ3) is 3.44. The van der Waals surface area contributed by atoms with Crippen LogP contribution in [0.15, 0.2) is 24.3 Å². The van der Waals surface area contributed by atoms with Crippen molar-refractivity contribution in [3.8, 4) is 0 Å². The van der Waals surface area contributed by atoms with E-state index in [0.29, 0.717) is 12.2 Å². The number of benzene rings is 1. The Morgan fingerprint density at radius 2 is 2.26 bits per heavy atom. The van der Waals surface area contributed by atoms with Crippen molar-refractivity contribution in [1.29, 1.82) is 0 Å². The molecule has 1 fully saturated rings. The van der Waals surface area contributed by atoms with Gasteiger partial charge in [-0.05, 0) is 38.3 Å². The first kappa shape index (κ1) is 14.3. The molecule has 1 aliphatic rings. The van der Waals surface area contributed by atoms with Gasteiger partial charge in [-0.25, -0.2) is 0 Å². The minimum Gasteiger partial charge on any atom is -0.316 e. The number of piperidine rings is 1. The Morgan fingerprint density at radius 3 is 2.89 bits per heavy atom. The molecule has 0 spiro atoms. The van der Waals surface area contributed by atoms with E-state index in [9.17, 15) is 4.79 Å². The van der Waals surface area contributed by atoms with Crippen molar-refractivity contribution < 1.29 is 4.79 Å². The van der Waals surface area contributed by atoms with Crippen LogP contribution in [0.4, 0.5) is 0 Å². The van der Waals surface area contributed by atoms with Crippen molar-refractivity contribution in [3.05, 3.63) is 35.4 Å².